The predicted octanol–water partition coefficient (Wildman–Crippen LogP) is 3.02. The highest BCUT2D eigenvalue weighted by atomic mass is 16.5. The van der Waals surface area contributed by atoms with Gasteiger partial charge in [-0.15, -0.1) is 0 Å². The van der Waals surface area contributed by atoms with E-state index in [1.54, 1.807) is 7.11 Å². The van der Waals surface area contributed by atoms with Crippen molar-refractivity contribution in [1.82, 2.24) is 5.43 Å². The zero-order valence-electron chi connectivity index (χ0n) is 11.6. The van der Waals surface area contributed by atoms with Crippen molar-refractivity contribution < 1.29 is 4.74 Å². The van der Waals surface area contributed by atoms with Crippen molar-refractivity contribution in [3.05, 3.63) is 42.0 Å². The van der Waals surface area contributed by atoms with E-state index in [-0.39, 0.29) is 0 Å². The second kappa shape index (κ2) is 6.55. The van der Waals surface area contributed by atoms with E-state index in [2.05, 4.69) is 42.7 Å². The molecule has 0 aromatic heterocycles. The minimum atomic E-state index is 0.321. The van der Waals surface area contributed by atoms with Gasteiger partial charge >= 0.3 is 0 Å². The third-order valence-corrected chi connectivity index (χ3v) is 3.52. The van der Waals surface area contributed by atoms with Crippen molar-refractivity contribution in [2.45, 2.75) is 32.2 Å². The Balaban J connectivity index is 2.35. The van der Waals surface area contributed by atoms with Crippen LogP contribution in [0.4, 0.5) is 0 Å². The van der Waals surface area contributed by atoms with E-state index in [9.17, 15) is 0 Å². The minimum Gasteiger partial charge on any atom is -0.497 e. The summed E-state index contributed by atoms with van der Waals surface area (Å²) in [6.07, 6.45) is 3.15. The van der Waals surface area contributed by atoms with Gasteiger partial charge in [-0.2, -0.15) is 0 Å². The number of hydrazine groups is 1. The average Bonchev–Trinajstić information content (AvgIpc) is 2.46. The highest BCUT2D eigenvalue weighted by molar-refractivity contribution is 5.87. The highest BCUT2D eigenvalue weighted by Gasteiger charge is 2.09. The Labute approximate surface area is 114 Å². The Bertz CT molecular complexity index is 539. The van der Waals surface area contributed by atoms with Crippen LogP contribution in [0.1, 0.15) is 25.3 Å². The Morgan fingerprint density at radius 3 is 2.79 bits per heavy atom. The number of nitrogens with two attached hydrogens (primary N) is 1. The van der Waals surface area contributed by atoms with E-state index in [1.165, 1.54) is 16.3 Å². The zero-order valence-corrected chi connectivity index (χ0v) is 11.6. The predicted molar refractivity (Wildman–Crippen MR) is 80.2 cm³/mol. The molecule has 0 bridgehead atoms. The van der Waals surface area contributed by atoms with E-state index in [1.807, 2.05) is 6.07 Å². The number of fused-ring (bicyclic) bond motifs is 1. The Kier molecular flexibility index (Phi) is 4.77. The second-order valence-corrected chi connectivity index (χ2v) is 4.86. The van der Waals surface area contributed by atoms with Gasteiger partial charge in [0.15, 0.2) is 0 Å². The minimum absolute atomic E-state index is 0.321. The molecule has 0 saturated heterocycles. The number of rotatable bonds is 6. The van der Waals surface area contributed by atoms with Gasteiger partial charge in [-0.25, -0.2) is 0 Å². The molecule has 0 saturated carbocycles. The summed E-state index contributed by atoms with van der Waals surface area (Å²) in [7, 11) is 1.70. The summed E-state index contributed by atoms with van der Waals surface area (Å²) >= 11 is 0. The van der Waals surface area contributed by atoms with E-state index < -0.39 is 0 Å². The lowest BCUT2D eigenvalue weighted by molar-refractivity contribution is 0.415. The maximum Gasteiger partial charge on any atom is 0.119 e. The molecule has 0 aliphatic rings. The molecule has 3 heteroatoms. The van der Waals surface area contributed by atoms with Crippen molar-refractivity contribution >= 4 is 10.8 Å². The van der Waals surface area contributed by atoms with E-state index in [4.69, 9.17) is 10.6 Å². The SMILES string of the molecule is CCCC(Cc1cccc2ccc(OC)cc12)NN. The fraction of sp³-hybridized carbons (Fsp3) is 0.375. The van der Waals surface area contributed by atoms with Gasteiger partial charge < -0.3 is 4.74 Å². The third kappa shape index (κ3) is 3.25. The molecule has 1 unspecified atom stereocenters. The molecule has 0 aliphatic heterocycles. The molecule has 2 aromatic rings. The summed E-state index contributed by atoms with van der Waals surface area (Å²) in [5.41, 5.74) is 4.23. The van der Waals surface area contributed by atoms with Crippen LogP contribution < -0.4 is 16.0 Å². The Morgan fingerprint density at radius 2 is 2.11 bits per heavy atom. The van der Waals surface area contributed by atoms with E-state index in [0.717, 1.165) is 25.0 Å². The van der Waals surface area contributed by atoms with Gasteiger partial charge in [-0.3, -0.25) is 11.3 Å². The van der Waals surface area contributed by atoms with Gasteiger partial charge in [0.1, 0.15) is 5.75 Å². The average molecular weight is 258 g/mol. The number of hydrogen-bond acceptors (Lipinski definition) is 3. The van der Waals surface area contributed by atoms with Crippen molar-refractivity contribution in [2.24, 2.45) is 5.84 Å². The van der Waals surface area contributed by atoms with Gasteiger partial charge in [-0.1, -0.05) is 37.6 Å². The first-order chi connectivity index (χ1) is 9.28. The number of ether oxygens (including phenoxy) is 1. The molecular weight excluding hydrogens is 236 g/mol. The van der Waals surface area contributed by atoms with Crippen LogP contribution in [-0.4, -0.2) is 13.2 Å². The molecule has 0 aliphatic carbocycles. The molecule has 3 nitrogen and oxygen atoms in total. The summed E-state index contributed by atoms with van der Waals surface area (Å²) in [6.45, 7) is 2.18. The summed E-state index contributed by atoms with van der Waals surface area (Å²) in [4.78, 5) is 0. The number of benzene rings is 2. The van der Waals surface area contributed by atoms with Crippen LogP contribution in [0, 0.1) is 0 Å². The zero-order chi connectivity index (χ0) is 13.7. The standard InChI is InChI=1S/C16H22N2O/c1-3-5-14(18-17)10-13-7-4-6-12-8-9-15(19-2)11-16(12)13/h4,6-9,11,14,18H,3,5,10,17H2,1-2H3. The molecular formula is C16H22N2O. The van der Waals surface area contributed by atoms with Crippen LogP contribution in [0.5, 0.6) is 5.75 Å². The monoisotopic (exact) mass is 258 g/mol. The second-order valence-electron chi connectivity index (χ2n) is 4.86. The first-order valence-corrected chi connectivity index (χ1v) is 6.80. The molecule has 0 amide bonds. The largest absolute Gasteiger partial charge is 0.497 e. The van der Waals surface area contributed by atoms with Crippen molar-refractivity contribution in [3.63, 3.8) is 0 Å². The van der Waals surface area contributed by atoms with Gasteiger partial charge in [-0.05, 0) is 41.3 Å². The fourth-order valence-corrected chi connectivity index (χ4v) is 2.48. The lowest BCUT2D eigenvalue weighted by Crippen LogP contribution is -2.36. The molecule has 2 rings (SSSR count). The van der Waals surface area contributed by atoms with Crippen molar-refractivity contribution in [2.75, 3.05) is 7.11 Å². The summed E-state index contributed by atoms with van der Waals surface area (Å²) in [5, 5.41) is 2.49. The molecule has 102 valence electrons. The van der Waals surface area contributed by atoms with Gasteiger partial charge in [0.05, 0.1) is 7.11 Å². The van der Waals surface area contributed by atoms with E-state index >= 15 is 0 Å². The smallest absolute Gasteiger partial charge is 0.119 e. The van der Waals surface area contributed by atoms with Gasteiger partial charge in [0.25, 0.3) is 0 Å². The topological polar surface area (TPSA) is 47.3 Å². The fourth-order valence-electron chi connectivity index (χ4n) is 2.48. The number of nitrogens with one attached hydrogen (secondary N) is 1. The van der Waals surface area contributed by atoms with Crippen LogP contribution in [-0.2, 0) is 6.42 Å². The molecule has 0 radical (unpaired) electrons. The quantitative estimate of drug-likeness (QED) is 0.618. The highest BCUT2D eigenvalue weighted by Crippen LogP contribution is 2.25. The maximum atomic E-state index is 5.63. The summed E-state index contributed by atoms with van der Waals surface area (Å²) in [5.74, 6) is 6.53. The first-order valence-electron chi connectivity index (χ1n) is 6.80. The van der Waals surface area contributed by atoms with Gasteiger partial charge in [0.2, 0.25) is 0 Å². The molecule has 2 aromatic carbocycles. The summed E-state index contributed by atoms with van der Waals surface area (Å²) in [6, 6.07) is 12.9. The van der Waals surface area contributed by atoms with Crippen LogP contribution in [0.3, 0.4) is 0 Å². The van der Waals surface area contributed by atoms with Crippen molar-refractivity contribution in [3.8, 4) is 5.75 Å². The van der Waals surface area contributed by atoms with Crippen LogP contribution in [0.2, 0.25) is 0 Å². The molecule has 0 heterocycles. The molecule has 3 N–H and O–H groups in total. The lowest BCUT2D eigenvalue weighted by Gasteiger charge is -2.16. The van der Waals surface area contributed by atoms with Crippen molar-refractivity contribution in [1.29, 1.82) is 0 Å². The number of methoxy groups -OCH3 is 1. The lowest BCUT2D eigenvalue weighted by atomic mass is 9.97. The molecule has 1 atom stereocenters. The Hall–Kier alpha value is -1.58. The van der Waals surface area contributed by atoms with Gasteiger partial charge in [0, 0.05) is 6.04 Å². The van der Waals surface area contributed by atoms with Crippen LogP contribution >= 0.6 is 0 Å². The van der Waals surface area contributed by atoms with Crippen LogP contribution in [0.15, 0.2) is 36.4 Å². The normalized spacial score (nSPS) is 12.6. The summed E-state index contributed by atoms with van der Waals surface area (Å²) < 4.78 is 5.32. The van der Waals surface area contributed by atoms with E-state index in [0.29, 0.717) is 6.04 Å². The third-order valence-electron chi connectivity index (χ3n) is 3.52. The van der Waals surface area contributed by atoms with Crippen LogP contribution in [0.25, 0.3) is 10.8 Å². The molecule has 0 fully saturated rings. The number of hydrogen-bond donors (Lipinski definition) is 2. The maximum absolute atomic E-state index is 5.63. The first kappa shape index (κ1) is 13.8. The molecule has 0 spiro atoms. The molecule has 19 heavy (non-hydrogen) atoms. The Morgan fingerprint density at radius 1 is 1.26 bits per heavy atom.